The van der Waals surface area contributed by atoms with Gasteiger partial charge in [-0.15, -0.1) is 0 Å². The number of amides is 3. The van der Waals surface area contributed by atoms with Crippen molar-refractivity contribution in [1.29, 1.82) is 0 Å². The highest BCUT2D eigenvalue weighted by molar-refractivity contribution is 5.93. The van der Waals surface area contributed by atoms with Gasteiger partial charge in [-0.25, -0.2) is 0 Å². The molecule has 0 spiro atoms. The standard InChI is InChI=1S/C30H45N5O6/c1-2-40-21-14-20-15-35(30(39)27(19-8-4-3-5-9-19)33-28(37)23(31)18-36)25(17-34(20)16-21)29(38)32-24-12-13-41-26-11-7-6-10-22(24)26/h6-7,10-11,19-21,23-25,27,36H,2-5,8-9,12-18,31H2,1H3,(H,32,38)(H,33,37)/t20-,21-,23?,24-,25+,27+/m1/s1. The zero-order valence-corrected chi connectivity index (χ0v) is 24.0. The lowest BCUT2D eigenvalue weighted by Gasteiger charge is -2.45. The Labute approximate surface area is 242 Å². The van der Waals surface area contributed by atoms with Crippen molar-refractivity contribution < 1.29 is 29.0 Å². The van der Waals surface area contributed by atoms with Gasteiger partial charge in [-0.05, 0) is 38.2 Å². The van der Waals surface area contributed by atoms with E-state index in [1.165, 1.54) is 0 Å². The van der Waals surface area contributed by atoms with Crippen LogP contribution in [0, 0.1) is 5.92 Å². The molecule has 3 heterocycles. The Kier molecular flexibility index (Phi) is 9.79. The fourth-order valence-electron chi connectivity index (χ4n) is 6.98. The Morgan fingerprint density at radius 1 is 1.12 bits per heavy atom. The van der Waals surface area contributed by atoms with Crippen LogP contribution in [0.5, 0.6) is 5.75 Å². The molecular weight excluding hydrogens is 526 g/mol. The summed E-state index contributed by atoms with van der Waals surface area (Å²) in [7, 11) is 0. The molecule has 0 radical (unpaired) electrons. The molecule has 1 aromatic carbocycles. The molecule has 4 aliphatic rings. The third-order valence-electron chi connectivity index (χ3n) is 9.16. The molecule has 0 aromatic heterocycles. The van der Waals surface area contributed by atoms with Gasteiger partial charge in [0.05, 0.1) is 25.4 Å². The molecule has 1 aromatic rings. The number of benzene rings is 1. The van der Waals surface area contributed by atoms with Gasteiger partial charge in [-0.3, -0.25) is 19.3 Å². The zero-order chi connectivity index (χ0) is 28.9. The number of carbonyl (C=O) groups excluding carboxylic acids is 3. The Hall–Kier alpha value is -2.73. The molecular formula is C30H45N5O6. The molecule has 11 nitrogen and oxygen atoms in total. The van der Waals surface area contributed by atoms with E-state index in [-0.39, 0.29) is 35.9 Å². The number of rotatable bonds is 9. The molecule has 3 fully saturated rings. The molecule has 1 saturated carbocycles. The van der Waals surface area contributed by atoms with Crippen molar-refractivity contribution in [2.45, 2.75) is 88.2 Å². The lowest BCUT2D eigenvalue weighted by Crippen LogP contribution is -2.66. The molecule has 226 valence electrons. The summed E-state index contributed by atoms with van der Waals surface area (Å²) in [6.45, 7) is 4.09. The van der Waals surface area contributed by atoms with Crippen LogP contribution in [-0.4, -0.2) is 102 Å². The van der Waals surface area contributed by atoms with Gasteiger partial charge in [0.15, 0.2) is 0 Å². The van der Waals surface area contributed by atoms with Crippen LogP contribution in [0.15, 0.2) is 24.3 Å². The molecule has 11 heteroatoms. The summed E-state index contributed by atoms with van der Waals surface area (Å²) in [5.41, 5.74) is 6.76. The number of hydrogen-bond donors (Lipinski definition) is 4. The SMILES string of the molecule is CCO[C@@H]1C[C@@H]2CN(C(=O)[C@@H](NC(=O)C(N)CO)C3CCCCC3)[C@H](C(=O)N[C@@H]3CCOc4ccccc43)CN2C1. The number of aliphatic hydroxyl groups excluding tert-OH is 1. The van der Waals surface area contributed by atoms with Crippen molar-refractivity contribution in [1.82, 2.24) is 20.4 Å². The minimum absolute atomic E-state index is 0.0463. The highest BCUT2D eigenvalue weighted by Crippen LogP contribution is 2.34. The Morgan fingerprint density at radius 2 is 1.90 bits per heavy atom. The second kappa shape index (κ2) is 13.5. The van der Waals surface area contributed by atoms with E-state index in [9.17, 15) is 19.5 Å². The van der Waals surface area contributed by atoms with E-state index in [1.54, 1.807) is 4.90 Å². The van der Waals surface area contributed by atoms with Gasteiger partial charge in [0, 0.05) is 44.3 Å². The first-order valence-corrected chi connectivity index (χ1v) is 15.2. The molecule has 2 saturated heterocycles. The van der Waals surface area contributed by atoms with Gasteiger partial charge in [-0.1, -0.05) is 37.5 Å². The number of carbonyl (C=O) groups is 3. The van der Waals surface area contributed by atoms with Gasteiger partial charge in [0.2, 0.25) is 17.7 Å². The maximum absolute atomic E-state index is 14.4. The van der Waals surface area contributed by atoms with Crippen molar-refractivity contribution in [3.63, 3.8) is 0 Å². The van der Waals surface area contributed by atoms with Crippen LogP contribution in [0.4, 0.5) is 0 Å². The van der Waals surface area contributed by atoms with Crippen LogP contribution in [0.3, 0.4) is 0 Å². The number of aliphatic hydroxyl groups is 1. The van der Waals surface area contributed by atoms with Crippen molar-refractivity contribution in [2.24, 2.45) is 11.7 Å². The van der Waals surface area contributed by atoms with E-state index in [2.05, 4.69) is 15.5 Å². The molecule has 6 atom stereocenters. The first kappa shape index (κ1) is 29.8. The predicted octanol–water partition coefficient (Wildman–Crippen LogP) is 0.701. The molecule has 5 rings (SSSR count). The predicted molar refractivity (Wildman–Crippen MR) is 152 cm³/mol. The van der Waals surface area contributed by atoms with E-state index in [1.807, 2.05) is 31.2 Å². The Balaban J connectivity index is 1.40. The number of para-hydroxylation sites is 1. The summed E-state index contributed by atoms with van der Waals surface area (Å²) in [6.07, 6.45) is 6.18. The number of fused-ring (bicyclic) bond motifs is 2. The summed E-state index contributed by atoms with van der Waals surface area (Å²) >= 11 is 0. The van der Waals surface area contributed by atoms with Gasteiger partial charge in [0.25, 0.3) is 0 Å². The van der Waals surface area contributed by atoms with Crippen molar-refractivity contribution in [3.05, 3.63) is 29.8 Å². The van der Waals surface area contributed by atoms with Crippen LogP contribution in [0.1, 0.15) is 63.5 Å². The first-order valence-electron chi connectivity index (χ1n) is 15.2. The van der Waals surface area contributed by atoms with Gasteiger partial charge < -0.3 is 35.8 Å². The summed E-state index contributed by atoms with van der Waals surface area (Å²) < 4.78 is 11.7. The minimum Gasteiger partial charge on any atom is -0.493 e. The molecule has 5 N–H and O–H groups in total. The van der Waals surface area contributed by atoms with E-state index in [0.29, 0.717) is 32.7 Å². The molecule has 41 heavy (non-hydrogen) atoms. The highest BCUT2D eigenvalue weighted by Gasteiger charge is 2.47. The number of piperazine rings is 1. The molecule has 3 amide bonds. The fraction of sp³-hybridized carbons (Fsp3) is 0.700. The number of nitrogens with zero attached hydrogens (tertiary/aromatic N) is 2. The average Bonchev–Trinajstić information content (AvgIpc) is 3.40. The van der Waals surface area contributed by atoms with Crippen LogP contribution in [0.25, 0.3) is 0 Å². The lowest BCUT2D eigenvalue weighted by molar-refractivity contribution is -0.149. The third kappa shape index (κ3) is 6.69. The van der Waals surface area contributed by atoms with Crippen molar-refractivity contribution in [3.8, 4) is 5.75 Å². The fourth-order valence-corrected chi connectivity index (χ4v) is 6.98. The molecule has 1 unspecified atom stereocenters. The lowest BCUT2D eigenvalue weighted by atomic mass is 9.82. The number of nitrogens with one attached hydrogen (secondary N) is 2. The topological polar surface area (TPSA) is 146 Å². The molecule has 3 aliphatic heterocycles. The van der Waals surface area contributed by atoms with Gasteiger partial charge in [-0.2, -0.15) is 0 Å². The van der Waals surface area contributed by atoms with Crippen LogP contribution < -0.4 is 21.1 Å². The smallest absolute Gasteiger partial charge is 0.246 e. The average molecular weight is 572 g/mol. The van der Waals surface area contributed by atoms with Gasteiger partial charge >= 0.3 is 0 Å². The van der Waals surface area contributed by atoms with Crippen molar-refractivity contribution in [2.75, 3.05) is 39.5 Å². The van der Waals surface area contributed by atoms with Gasteiger partial charge in [0.1, 0.15) is 23.9 Å². The number of nitrogens with two attached hydrogens (primary N) is 1. The van der Waals surface area contributed by atoms with E-state index < -0.39 is 30.6 Å². The van der Waals surface area contributed by atoms with E-state index >= 15 is 0 Å². The maximum Gasteiger partial charge on any atom is 0.246 e. The van der Waals surface area contributed by atoms with Crippen LogP contribution >= 0.6 is 0 Å². The molecule has 1 aliphatic carbocycles. The second-order valence-electron chi connectivity index (χ2n) is 11.8. The summed E-state index contributed by atoms with van der Waals surface area (Å²) in [4.78, 5) is 45.2. The monoisotopic (exact) mass is 571 g/mol. The Bertz CT molecular complexity index is 1080. The quantitative estimate of drug-likeness (QED) is 0.339. The van der Waals surface area contributed by atoms with Crippen LogP contribution in [-0.2, 0) is 19.1 Å². The highest BCUT2D eigenvalue weighted by atomic mass is 16.5. The Morgan fingerprint density at radius 3 is 2.66 bits per heavy atom. The summed E-state index contributed by atoms with van der Waals surface area (Å²) in [5.74, 6) is -0.288. The molecule has 0 bridgehead atoms. The van der Waals surface area contributed by atoms with Crippen LogP contribution in [0.2, 0.25) is 0 Å². The number of hydrogen-bond acceptors (Lipinski definition) is 8. The van der Waals surface area contributed by atoms with E-state index in [4.69, 9.17) is 15.2 Å². The summed E-state index contributed by atoms with van der Waals surface area (Å²) in [5, 5.41) is 15.6. The minimum atomic E-state index is -1.11. The zero-order valence-electron chi connectivity index (χ0n) is 24.0. The van der Waals surface area contributed by atoms with Crippen molar-refractivity contribution >= 4 is 17.7 Å². The maximum atomic E-state index is 14.4. The number of ether oxygens (including phenoxy) is 2. The normalized spacial score (nSPS) is 28.1. The van der Waals surface area contributed by atoms with E-state index in [0.717, 1.165) is 56.4 Å². The largest absolute Gasteiger partial charge is 0.493 e. The first-order chi connectivity index (χ1) is 19.9. The third-order valence-corrected chi connectivity index (χ3v) is 9.16. The summed E-state index contributed by atoms with van der Waals surface area (Å²) in [6, 6.07) is 4.94. The second-order valence-corrected chi connectivity index (χ2v) is 11.8.